The van der Waals surface area contributed by atoms with Crippen LogP contribution in [0.5, 0.6) is 5.75 Å². The van der Waals surface area contributed by atoms with Crippen LogP contribution in [0.15, 0.2) is 47.1 Å². The van der Waals surface area contributed by atoms with Crippen molar-refractivity contribution in [3.63, 3.8) is 0 Å². The monoisotopic (exact) mass is 339 g/mol. The summed E-state index contributed by atoms with van der Waals surface area (Å²) in [6.45, 7) is 0.212. The lowest BCUT2D eigenvalue weighted by molar-refractivity contribution is -0.274. The molecule has 1 unspecified atom stereocenters. The number of amidine groups is 1. The maximum atomic E-state index is 12.6. The Balaban J connectivity index is 1.92. The lowest BCUT2D eigenvalue weighted by Gasteiger charge is -2.27. The number of hydrazone groups is 1. The highest BCUT2D eigenvalue weighted by atomic mass is 19.4. The number of aliphatic hydroxyl groups is 1. The van der Waals surface area contributed by atoms with Gasteiger partial charge in [-0.3, -0.25) is 5.01 Å². The molecule has 3 rings (SSSR count). The van der Waals surface area contributed by atoms with Gasteiger partial charge >= 0.3 is 6.36 Å². The first-order valence-corrected chi connectivity index (χ1v) is 7.37. The Labute approximate surface area is 136 Å². The highest BCUT2D eigenvalue weighted by Gasteiger charge is 2.35. The molecule has 0 bridgehead atoms. The Morgan fingerprint density at radius 1 is 1.29 bits per heavy atom. The number of halogens is 3. The predicted octanol–water partition coefficient (Wildman–Crippen LogP) is 2.25. The fraction of sp³-hybridized carbons (Fsp3) is 0.312. The van der Waals surface area contributed by atoms with E-state index < -0.39 is 6.36 Å². The molecule has 0 radical (unpaired) electrons. The minimum atomic E-state index is -4.75. The molecule has 3 N–H and O–H groups in total. The molecule has 1 heterocycles. The van der Waals surface area contributed by atoms with Gasteiger partial charge in [0.25, 0.3) is 0 Å². The van der Waals surface area contributed by atoms with Crippen LogP contribution in [0.2, 0.25) is 0 Å². The van der Waals surface area contributed by atoms with Gasteiger partial charge in [-0.25, -0.2) is 0 Å². The van der Waals surface area contributed by atoms with Crippen molar-refractivity contribution in [2.24, 2.45) is 10.8 Å². The second kappa shape index (κ2) is 6.20. The molecule has 8 heteroatoms. The molecule has 0 saturated carbocycles. The lowest BCUT2D eigenvalue weighted by atomic mass is 9.89. The number of ether oxygens (including phenoxy) is 1. The fourth-order valence-corrected chi connectivity index (χ4v) is 2.93. The minimum absolute atomic E-state index is 0.0899. The van der Waals surface area contributed by atoms with Crippen molar-refractivity contribution in [2.45, 2.75) is 18.8 Å². The smallest absolute Gasteiger partial charge is 0.405 e. The van der Waals surface area contributed by atoms with Gasteiger partial charge in [0.15, 0.2) is 0 Å². The second-order valence-corrected chi connectivity index (χ2v) is 5.45. The molecule has 0 fully saturated rings. The molecule has 0 saturated heterocycles. The third kappa shape index (κ3) is 3.23. The largest absolute Gasteiger partial charge is 0.573 e. The first kappa shape index (κ1) is 16.4. The summed E-state index contributed by atoms with van der Waals surface area (Å²) in [4.78, 5) is 0. The maximum absolute atomic E-state index is 12.6. The number of β-amino-alcohol motifs (C(OH)–C–C–N with tert-alkyl or cyclic N) is 1. The van der Waals surface area contributed by atoms with E-state index in [1.54, 1.807) is 29.3 Å². The fourth-order valence-electron chi connectivity index (χ4n) is 2.93. The van der Waals surface area contributed by atoms with Gasteiger partial charge in [-0.05, 0) is 18.1 Å². The average molecular weight is 339 g/mol. The van der Waals surface area contributed by atoms with E-state index in [4.69, 9.17) is 10.8 Å². The predicted molar refractivity (Wildman–Crippen MR) is 83.0 cm³/mol. The number of para-hydroxylation sites is 1. The minimum Gasteiger partial charge on any atom is -0.405 e. The molecular weight excluding hydrogens is 323 g/mol. The van der Waals surface area contributed by atoms with Crippen molar-refractivity contribution in [1.82, 2.24) is 5.01 Å². The normalized spacial score (nSPS) is 20.2. The Morgan fingerprint density at radius 3 is 2.75 bits per heavy atom. The van der Waals surface area contributed by atoms with E-state index in [1.165, 1.54) is 12.1 Å². The van der Waals surface area contributed by atoms with Crippen LogP contribution in [0, 0.1) is 0 Å². The summed E-state index contributed by atoms with van der Waals surface area (Å²) in [6.07, 6.45) is -0.844. The number of allylic oxidation sites excluding steroid dienone is 2. The molecular formula is C16H16F3N3O2. The maximum Gasteiger partial charge on any atom is 0.573 e. The molecule has 1 aliphatic heterocycles. The molecule has 0 spiro atoms. The molecule has 24 heavy (non-hydrogen) atoms. The molecule has 1 aromatic carbocycles. The number of hydrogen-bond acceptors (Lipinski definition) is 5. The third-order valence-corrected chi connectivity index (χ3v) is 3.92. The van der Waals surface area contributed by atoms with Crippen LogP contribution in [0.4, 0.5) is 13.2 Å². The standard InChI is InChI=1S/C16H16F3N3O2/c17-16(18,19)24-14-4-2-1-3-11(14)10-5-6-12-13(9-10)22(7-8-23)21-15(12)20/h1-6,13,23H,7-9H2,(H2,20,21). The van der Waals surface area contributed by atoms with E-state index >= 15 is 0 Å². The first-order chi connectivity index (χ1) is 11.4. The number of aliphatic hydroxyl groups excluding tert-OH is 1. The van der Waals surface area contributed by atoms with E-state index in [1.807, 2.05) is 0 Å². The number of hydrogen-bond donors (Lipinski definition) is 2. The van der Waals surface area contributed by atoms with E-state index in [0.29, 0.717) is 29.9 Å². The van der Waals surface area contributed by atoms with Crippen molar-refractivity contribution >= 4 is 11.4 Å². The highest BCUT2D eigenvalue weighted by molar-refractivity contribution is 6.01. The summed E-state index contributed by atoms with van der Waals surface area (Å²) in [6, 6.07) is 5.82. The van der Waals surface area contributed by atoms with E-state index in [9.17, 15) is 13.2 Å². The summed E-state index contributed by atoms with van der Waals surface area (Å²) < 4.78 is 41.9. The number of nitrogens with two attached hydrogens (primary N) is 1. The first-order valence-electron chi connectivity index (χ1n) is 7.37. The number of fused-ring (bicyclic) bond motifs is 1. The Kier molecular flexibility index (Phi) is 4.23. The summed E-state index contributed by atoms with van der Waals surface area (Å²) in [5.41, 5.74) is 7.74. The van der Waals surface area contributed by atoms with Crippen molar-refractivity contribution < 1.29 is 23.0 Å². The topological polar surface area (TPSA) is 71.1 Å². The van der Waals surface area contributed by atoms with Crippen LogP contribution in [-0.4, -0.2) is 41.5 Å². The van der Waals surface area contributed by atoms with Crippen molar-refractivity contribution in [3.05, 3.63) is 47.6 Å². The summed E-state index contributed by atoms with van der Waals surface area (Å²) >= 11 is 0. The number of rotatable bonds is 4. The SMILES string of the molecule is NC1=NN(CCO)C2CC(c3ccccc3OC(F)(F)F)=CC=C12. The average Bonchev–Trinajstić information content (AvgIpc) is 2.82. The molecule has 1 aliphatic carbocycles. The summed E-state index contributed by atoms with van der Waals surface area (Å²) in [5.74, 6) is 0.122. The summed E-state index contributed by atoms with van der Waals surface area (Å²) in [5, 5.41) is 15.0. The van der Waals surface area contributed by atoms with E-state index in [2.05, 4.69) is 9.84 Å². The van der Waals surface area contributed by atoms with Gasteiger partial charge in [-0.15, -0.1) is 13.2 Å². The van der Waals surface area contributed by atoms with Gasteiger partial charge in [0, 0.05) is 11.1 Å². The van der Waals surface area contributed by atoms with E-state index in [-0.39, 0.29) is 18.4 Å². The zero-order valence-electron chi connectivity index (χ0n) is 12.6. The molecule has 2 aliphatic rings. The van der Waals surface area contributed by atoms with Crippen LogP contribution in [0.3, 0.4) is 0 Å². The number of nitrogens with zero attached hydrogens (tertiary/aromatic N) is 2. The van der Waals surface area contributed by atoms with Crippen molar-refractivity contribution in [2.75, 3.05) is 13.2 Å². The third-order valence-electron chi connectivity index (χ3n) is 3.92. The molecule has 0 amide bonds. The quantitative estimate of drug-likeness (QED) is 0.883. The van der Waals surface area contributed by atoms with Gasteiger partial charge in [0.1, 0.15) is 11.6 Å². The Hall–Kier alpha value is -2.48. The molecule has 1 aromatic rings. The Morgan fingerprint density at radius 2 is 2.04 bits per heavy atom. The van der Waals surface area contributed by atoms with Gasteiger partial charge < -0.3 is 15.6 Å². The van der Waals surface area contributed by atoms with Gasteiger partial charge in [0.2, 0.25) is 0 Å². The highest BCUT2D eigenvalue weighted by Crippen LogP contribution is 2.38. The van der Waals surface area contributed by atoms with Crippen molar-refractivity contribution in [1.29, 1.82) is 0 Å². The number of alkyl halides is 3. The number of benzene rings is 1. The van der Waals surface area contributed by atoms with Crippen LogP contribution in [0.25, 0.3) is 5.57 Å². The summed E-state index contributed by atoms with van der Waals surface area (Å²) in [7, 11) is 0. The zero-order valence-corrected chi connectivity index (χ0v) is 12.6. The van der Waals surface area contributed by atoms with Crippen LogP contribution >= 0.6 is 0 Å². The van der Waals surface area contributed by atoms with Crippen LogP contribution in [0.1, 0.15) is 12.0 Å². The van der Waals surface area contributed by atoms with E-state index in [0.717, 1.165) is 5.57 Å². The van der Waals surface area contributed by atoms with Gasteiger partial charge in [0.05, 0.1) is 19.2 Å². The Bertz CT molecular complexity index is 726. The molecule has 128 valence electrons. The molecule has 0 aromatic heterocycles. The van der Waals surface area contributed by atoms with Crippen molar-refractivity contribution in [3.8, 4) is 5.75 Å². The van der Waals surface area contributed by atoms with Crippen LogP contribution < -0.4 is 10.5 Å². The van der Waals surface area contributed by atoms with Gasteiger partial charge in [-0.2, -0.15) is 5.10 Å². The lowest BCUT2D eigenvalue weighted by Crippen LogP contribution is -2.32. The van der Waals surface area contributed by atoms with Crippen LogP contribution in [-0.2, 0) is 0 Å². The second-order valence-electron chi connectivity index (χ2n) is 5.45. The van der Waals surface area contributed by atoms with Gasteiger partial charge in [-0.1, -0.05) is 30.4 Å². The zero-order chi connectivity index (χ0) is 17.3. The molecule has 5 nitrogen and oxygen atoms in total. The molecule has 1 atom stereocenters.